The number of aliphatic hydroxyl groups is 1. The van der Waals surface area contributed by atoms with Crippen LogP contribution >= 0.6 is 11.3 Å². The lowest BCUT2D eigenvalue weighted by Gasteiger charge is -1.92. The van der Waals surface area contributed by atoms with Gasteiger partial charge in [0.1, 0.15) is 5.82 Å². The maximum atomic E-state index is 12.7. The number of benzene rings is 1. The van der Waals surface area contributed by atoms with E-state index in [2.05, 4.69) is 0 Å². The molecule has 12 heavy (non-hydrogen) atoms. The normalized spacial score (nSPS) is 10.8. The number of aliphatic hydroxyl groups excluding tert-OH is 1. The minimum Gasteiger partial charge on any atom is -0.392 e. The summed E-state index contributed by atoms with van der Waals surface area (Å²) in [6.07, 6.45) is 0. The molecule has 1 aromatic carbocycles. The number of hydrogen-bond acceptors (Lipinski definition) is 2. The van der Waals surface area contributed by atoms with E-state index >= 15 is 0 Å². The van der Waals surface area contributed by atoms with Gasteiger partial charge in [0.15, 0.2) is 0 Å². The van der Waals surface area contributed by atoms with Gasteiger partial charge in [-0.1, -0.05) is 6.07 Å². The van der Waals surface area contributed by atoms with Crippen LogP contribution in [0.5, 0.6) is 0 Å². The Morgan fingerprint density at radius 1 is 1.42 bits per heavy atom. The van der Waals surface area contributed by atoms with E-state index in [0.29, 0.717) is 0 Å². The van der Waals surface area contributed by atoms with Gasteiger partial charge in [-0.25, -0.2) is 4.39 Å². The highest BCUT2D eigenvalue weighted by molar-refractivity contribution is 7.17. The van der Waals surface area contributed by atoms with E-state index in [9.17, 15) is 4.39 Å². The highest BCUT2D eigenvalue weighted by Gasteiger charge is 2.02. The van der Waals surface area contributed by atoms with E-state index in [1.54, 1.807) is 6.07 Å². The van der Waals surface area contributed by atoms with Crippen molar-refractivity contribution in [3.05, 3.63) is 35.0 Å². The second-order valence-corrected chi connectivity index (χ2v) is 3.47. The third-order valence-electron chi connectivity index (χ3n) is 1.79. The quantitative estimate of drug-likeness (QED) is 0.718. The molecular weight excluding hydrogens is 175 g/mol. The van der Waals surface area contributed by atoms with Crippen LogP contribution in [0.15, 0.2) is 23.6 Å². The summed E-state index contributed by atoms with van der Waals surface area (Å²) in [6.45, 7) is 0.0195. The molecule has 0 amide bonds. The molecule has 62 valence electrons. The van der Waals surface area contributed by atoms with Gasteiger partial charge in [-0.2, -0.15) is 0 Å². The summed E-state index contributed by atoms with van der Waals surface area (Å²) >= 11 is 1.45. The highest BCUT2D eigenvalue weighted by atomic mass is 32.1. The minimum atomic E-state index is -0.228. The standard InChI is InChI=1S/C9H7FOS/c10-7-1-2-8-6(4-11)5-12-9(8)3-7/h1-3,5,11H,4H2. The van der Waals surface area contributed by atoms with Gasteiger partial charge < -0.3 is 5.11 Å². The second-order valence-electron chi connectivity index (χ2n) is 2.56. The summed E-state index contributed by atoms with van der Waals surface area (Å²) in [6, 6.07) is 4.60. The van der Waals surface area contributed by atoms with Crippen molar-refractivity contribution in [3.8, 4) is 0 Å². The molecule has 0 saturated heterocycles. The first-order valence-electron chi connectivity index (χ1n) is 3.58. The van der Waals surface area contributed by atoms with Crippen molar-refractivity contribution in [3.63, 3.8) is 0 Å². The number of halogens is 1. The van der Waals surface area contributed by atoms with Crippen LogP contribution < -0.4 is 0 Å². The topological polar surface area (TPSA) is 20.2 Å². The van der Waals surface area contributed by atoms with Crippen LogP contribution in [0.2, 0.25) is 0 Å². The molecule has 0 fully saturated rings. The average molecular weight is 182 g/mol. The van der Waals surface area contributed by atoms with E-state index in [4.69, 9.17) is 5.11 Å². The molecule has 0 spiro atoms. The van der Waals surface area contributed by atoms with Gasteiger partial charge in [0.2, 0.25) is 0 Å². The van der Waals surface area contributed by atoms with Crippen LogP contribution in [-0.2, 0) is 6.61 Å². The fourth-order valence-electron chi connectivity index (χ4n) is 1.18. The smallest absolute Gasteiger partial charge is 0.124 e. The monoisotopic (exact) mass is 182 g/mol. The maximum absolute atomic E-state index is 12.7. The molecule has 0 saturated carbocycles. The summed E-state index contributed by atoms with van der Waals surface area (Å²) in [7, 11) is 0. The van der Waals surface area contributed by atoms with Crippen molar-refractivity contribution >= 4 is 21.4 Å². The fourth-order valence-corrected chi connectivity index (χ4v) is 2.16. The van der Waals surface area contributed by atoms with Crippen LogP contribution in [-0.4, -0.2) is 5.11 Å². The van der Waals surface area contributed by atoms with Crippen molar-refractivity contribution in [2.75, 3.05) is 0 Å². The van der Waals surface area contributed by atoms with E-state index in [-0.39, 0.29) is 12.4 Å². The molecule has 3 heteroatoms. The van der Waals surface area contributed by atoms with Crippen LogP contribution in [0.3, 0.4) is 0 Å². The Morgan fingerprint density at radius 3 is 3.00 bits per heavy atom. The van der Waals surface area contributed by atoms with Gasteiger partial charge in [-0.05, 0) is 28.5 Å². The molecule has 2 rings (SSSR count). The molecule has 0 atom stereocenters. The SMILES string of the molecule is OCc1csc2cc(F)ccc12. The van der Waals surface area contributed by atoms with Gasteiger partial charge in [0.05, 0.1) is 6.61 Å². The Morgan fingerprint density at radius 2 is 2.25 bits per heavy atom. The third-order valence-corrected chi connectivity index (χ3v) is 2.78. The number of fused-ring (bicyclic) bond motifs is 1. The Bertz CT molecular complexity index is 408. The molecule has 1 aromatic heterocycles. The molecule has 0 unspecified atom stereocenters. The van der Waals surface area contributed by atoms with E-state index in [1.807, 2.05) is 5.38 Å². The predicted molar refractivity (Wildman–Crippen MR) is 47.7 cm³/mol. The maximum Gasteiger partial charge on any atom is 0.124 e. The number of hydrogen-bond donors (Lipinski definition) is 1. The summed E-state index contributed by atoms with van der Waals surface area (Å²) in [4.78, 5) is 0. The molecule has 1 nitrogen and oxygen atoms in total. The second kappa shape index (κ2) is 2.84. The summed E-state index contributed by atoms with van der Waals surface area (Å²) in [5.41, 5.74) is 0.870. The number of thiophene rings is 1. The Hall–Kier alpha value is -0.930. The molecular formula is C9H7FOS. The molecule has 0 aliphatic carbocycles. The van der Waals surface area contributed by atoms with E-state index in [1.165, 1.54) is 23.5 Å². The van der Waals surface area contributed by atoms with Crippen LogP contribution in [0, 0.1) is 5.82 Å². The lowest BCUT2D eigenvalue weighted by Crippen LogP contribution is -1.78. The fraction of sp³-hybridized carbons (Fsp3) is 0.111. The van der Waals surface area contributed by atoms with E-state index in [0.717, 1.165) is 15.6 Å². The Labute approximate surface area is 73.1 Å². The average Bonchev–Trinajstić information content (AvgIpc) is 2.46. The van der Waals surface area contributed by atoms with Gasteiger partial charge >= 0.3 is 0 Å². The highest BCUT2D eigenvalue weighted by Crippen LogP contribution is 2.26. The minimum absolute atomic E-state index is 0.0195. The van der Waals surface area contributed by atoms with Crippen LogP contribution in [0.25, 0.3) is 10.1 Å². The number of rotatable bonds is 1. The van der Waals surface area contributed by atoms with Crippen molar-refractivity contribution < 1.29 is 9.50 Å². The van der Waals surface area contributed by atoms with E-state index < -0.39 is 0 Å². The first-order chi connectivity index (χ1) is 5.81. The molecule has 1 N–H and O–H groups in total. The Balaban J connectivity index is 2.73. The Kier molecular flexibility index (Phi) is 1.83. The molecule has 0 aliphatic heterocycles. The van der Waals surface area contributed by atoms with Crippen LogP contribution in [0.1, 0.15) is 5.56 Å². The first kappa shape index (κ1) is 7.71. The molecule has 0 aliphatic rings. The van der Waals surface area contributed by atoms with Crippen molar-refractivity contribution in [1.29, 1.82) is 0 Å². The summed E-state index contributed by atoms with van der Waals surface area (Å²) in [5.74, 6) is -0.228. The molecule has 1 heterocycles. The molecule has 0 radical (unpaired) electrons. The van der Waals surface area contributed by atoms with Crippen molar-refractivity contribution in [2.24, 2.45) is 0 Å². The van der Waals surface area contributed by atoms with Gasteiger partial charge in [-0.15, -0.1) is 11.3 Å². The third kappa shape index (κ3) is 1.11. The van der Waals surface area contributed by atoms with Gasteiger partial charge in [0, 0.05) is 4.70 Å². The van der Waals surface area contributed by atoms with Crippen molar-refractivity contribution in [1.82, 2.24) is 0 Å². The largest absolute Gasteiger partial charge is 0.392 e. The first-order valence-corrected chi connectivity index (χ1v) is 4.45. The lowest BCUT2D eigenvalue weighted by molar-refractivity contribution is 0.284. The zero-order valence-electron chi connectivity index (χ0n) is 6.25. The van der Waals surface area contributed by atoms with Crippen molar-refractivity contribution in [2.45, 2.75) is 6.61 Å². The molecule has 0 bridgehead atoms. The zero-order chi connectivity index (χ0) is 8.55. The van der Waals surface area contributed by atoms with Crippen LogP contribution in [0.4, 0.5) is 4.39 Å². The lowest BCUT2D eigenvalue weighted by atomic mass is 10.2. The summed E-state index contributed by atoms with van der Waals surface area (Å²) < 4.78 is 13.6. The zero-order valence-corrected chi connectivity index (χ0v) is 7.07. The predicted octanol–water partition coefficient (Wildman–Crippen LogP) is 2.53. The van der Waals surface area contributed by atoms with Gasteiger partial charge in [-0.3, -0.25) is 0 Å². The molecule has 2 aromatic rings. The summed E-state index contributed by atoms with van der Waals surface area (Å²) in [5, 5.41) is 11.7. The van der Waals surface area contributed by atoms with Gasteiger partial charge in [0.25, 0.3) is 0 Å².